The van der Waals surface area contributed by atoms with Crippen LogP contribution in [0.15, 0.2) is 48.5 Å². The molecule has 0 spiro atoms. The van der Waals surface area contributed by atoms with Crippen molar-refractivity contribution in [1.82, 2.24) is 15.1 Å². The van der Waals surface area contributed by atoms with Crippen molar-refractivity contribution in [3.8, 4) is 11.5 Å². The summed E-state index contributed by atoms with van der Waals surface area (Å²) in [5.41, 5.74) is 5.75. The summed E-state index contributed by atoms with van der Waals surface area (Å²) in [5, 5.41) is 7.38. The van der Waals surface area contributed by atoms with Crippen molar-refractivity contribution < 1.29 is 23.0 Å². The second-order valence-electron chi connectivity index (χ2n) is 7.64. The summed E-state index contributed by atoms with van der Waals surface area (Å²) >= 11 is 0. The number of methoxy groups -OCH3 is 1. The predicted octanol–water partition coefficient (Wildman–Crippen LogP) is 4.80. The highest BCUT2D eigenvalue weighted by Gasteiger charge is 2.12. The molecule has 1 heterocycles. The number of halogens is 2. The molecule has 0 bridgehead atoms. The predicted molar refractivity (Wildman–Crippen MR) is 122 cm³/mol. The second kappa shape index (κ2) is 10.8. The molecule has 0 saturated carbocycles. The van der Waals surface area contributed by atoms with E-state index in [1.807, 2.05) is 18.5 Å². The number of carbonyl (C=O) groups is 1. The van der Waals surface area contributed by atoms with E-state index in [1.54, 1.807) is 18.2 Å². The lowest BCUT2D eigenvalue weighted by molar-refractivity contribution is -0.116. The van der Waals surface area contributed by atoms with Crippen LogP contribution in [0.3, 0.4) is 0 Å². The Morgan fingerprint density at radius 3 is 2.45 bits per heavy atom. The first-order valence-electron chi connectivity index (χ1n) is 10.4. The molecular formula is C25H27F2N3O3. The second-order valence-corrected chi connectivity index (χ2v) is 7.64. The van der Waals surface area contributed by atoms with Gasteiger partial charge in [0.25, 0.3) is 0 Å². The molecule has 174 valence electrons. The van der Waals surface area contributed by atoms with Gasteiger partial charge in [0.05, 0.1) is 19.3 Å². The molecule has 8 heteroatoms. The molecule has 0 unspecified atom stereocenters. The number of alkyl halides is 2. The fourth-order valence-electron chi connectivity index (χ4n) is 3.39. The molecule has 0 aliphatic carbocycles. The van der Waals surface area contributed by atoms with Crippen LogP contribution < -0.4 is 14.8 Å². The third-order valence-corrected chi connectivity index (χ3v) is 5.20. The topological polar surface area (TPSA) is 65.4 Å². The average molecular weight is 456 g/mol. The van der Waals surface area contributed by atoms with E-state index < -0.39 is 6.61 Å². The van der Waals surface area contributed by atoms with E-state index in [0.29, 0.717) is 12.1 Å². The van der Waals surface area contributed by atoms with Crippen LogP contribution in [0.1, 0.15) is 33.6 Å². The van der Waals surface area contributed by atoms with Crippen LogP contribution in [-0.4, -0.2) is 29.4 Å². The lowest BCUT2D eigenvalue weighted by Gasteiger charge is -2.11. The number of nitrogens with zero attached hydrogens (tertiary/aromatic N) is 2. The highest BCUT2D eigenvalue weighted by Crippen LogP contribution is 2.29. The molecule has 1 amide bonds. The number of rotatable bonds is 9. The summed E-state index contributed by atoms with van der Waals surface area (Å²) in [4.78, 5) is 12.3. The molecule has 0 aliphatic heterocycles. The highest BCUT2D eigenvalue weighted by molar-refractivity contribution is 5.92. The molecule has 0 saturated heterocycles. The summed E-state index contributed by atoms with van der Waals surface area (Å²) in [5.74, 6) is -0.173. The Balaban J connectivity index is 1.62. The third kappa shape index (κ3) is 6.41. The van der Waals surface area contributed by atoms with Gasteiger partial charge >= 0.3 is 6.61 Å². The summed E-state index contributed by atoms with van der Waals surface area (Å²) in [6, 6.07) is 12.8. The largest absolute Gasteiger partial charge is 0.493 e. The van der Waals surface area contributed by atoms with Crippen molar-refractivity contribution in [1.29, 1.82) is 0 Å². The fourth-order valence-corrected chi connectivity index (χ4v) is 3.39. The van der Waals surface area contributed by atoms with Gasteiger partial charge in [0.15, 0.2) is 11.5 Å². The molecular weight excluding hydrogens is 428 g/mol. The molecule has 0 atom stereocenters. The number of benzene rings is 2. The highest BCUT2D eigenvalue weighted by atomic mass is 19.3. The van der Waals surface area contributed by atoms with Crippen molar-refractivity contribution in [3.63, 3.8) is 0 Å². The minimum absolute atomic E-state index is 0.0592. The average Bonchev–Trinajstić information content (AvgIpc) is 3.05. The smallest absolute Gasteiger partial charge is 0.387 e. The number of ether oxygens (including phenoxy) is 2. The van der Waals surface area contributed by atoms with Gasteiger partial charge in [-0.15, -0.1) is 0 Å². The number of carbonyl (C=O) groups excluding carboxylic acids is 1. The molecule has 1 N–H and O–H groups in total. The molecule has 2 aromatic carbocycles. The van der Waals surface area contributed by atoms with E-state index in [4.69, 9.17) is 4.74 Å². The van der Waals surface area contributed by atoms with E-state index in [1.165, 1.54) is 24.8 Å². The van der Waals surface area contributed by atoms with Gasteiger partial charge in [0, 0.05) is 23.9 Å². The van der Waals surface area contributed by atoms with Gasteiger partial charge in [-0.1, -0.05) is 35.9 Å². The summed E-state index contributed by atoms with van der Waals surface area (Å²) in [7, 11) is 1.36. The monoisotopic (exact) mass is 455 g/mol. The zero-order valence-corrected chi connectivity index (χ0v) is 19.1. The zero-order valence-electron chi connectivity index (χ0n) is 19.1. The summed E-state index contributed by atoms with van der Waals surface area (Å²) in [6.07, 6.45) is 3.21. The molecule has 1 aromatic heterocycles. The SMILES string of the molecule is COc1cc(CNC(=O)/C=C/c2c(C)nn(Cc3ccc(C)cc3)c2C)ccc1OC(F)F. The molecule has 0 fully saturated rings. The molecule has 3 rings (SSSR count). The molecule has 33 heavy (non-hydrogen) atoms. The summed E-state index contributed by atoms with van der Waals surface area (Å²) in [6.45, 7) is 3.85. The van der Waals surface area contributed by atoms with Crippen LogP contribution in [0.2, 0.25) is 0 Å². The lowest BCUT2D eigenvalue weighted by Crippen LogP contribution is -2.20. The van der Waals surface area contributed by atoms with Gasteiger partial charge in [-0.3, -0.25) is 9.48 Å². The van der Waals surface area contributed by atoms with Crippen LogP contribution in [0.25, 0.3) is 6.08 Å². The van der Waals surface area contributed by atoms with Crippen molar-refractivity contribution in [2.24, 2.45) is 0 Å². The minimum Gasteiger partial charge on any atom is -0.493 e. The first kappa shape index (κ1) is 24.0. The van der Waals surface area contributed by atoms with Crippen molar-refractivity contribution >= 4 is 12.0 Å². The quantitative estimate of drug-likeness (QED) is 0.471. The van der Waals surface area contributed by atoms with Gasteiger partial charge in [-0.25, -0.2) is 0 Å². The number of aryl methyl sites for hydroxylation is 2. The molecule has 6 nitrogen and oxygen atoms in total. The molecule has 0 radical (unpaired) electrons. The van der Waals surface area contributed by atoms with Gasteiger partial charge < -0.3 is 14.8 Å². The van der Waals surface area contributed by atoms with Crippen LogP contribution in [0.4, 0.5) is 8.78 Å². The third-order valence-electron chi connectivity index (χ3n) is 5.20. The van der Waals surface area contributed by atoms with Crippen LogP contribution in [-0.2, 0) is 17.9 Å². The number of aromatic nitrogens is 2. The van der Waals surface area contributed by atoms with Crippen LogP contribution >= 0.6 is 0 Å². The van der Waals surface area contributed by atoms with E-state index in [9.17, 15) is 13.6 Å². The number of hydrogen-bond acceptors (Lipinski definition) is 4. The first-order chi connectivity index (χ1) is 15.8. The number of hydrogen-bond donors (Lipinski definition) is 1. The van der Waals surface area contributed by atoms with Crippen molar-refractivity contribution in [2.45, 2.75) is 40.5 Å². The Labute approximate surface area is 191 Å². The minimum atomic E-state index is -2.94. The maximum absolute atomic E-state index is 12.4. The van der Waals surface area contributed by atoms with Gasteiger partial charge in [0.2, 0.25) is 5.91 Å². The lowest BCUT2D eigenvalue weighted by atomic mass is 10.1. The Kier molecular flexibility index (Phi) is 7.82. The van der Waals surface area contributed by atoms with Crippen molar-refractivity contribution in [3.05, 3.63) is 82.2 Å². The van der Waals surface area contributed by atoms with Gasteiger partial charge in [-0.2, -0.15) is 13.9 Å². The number of nitrogens with one attached hydrogen (secondary N) is 1. The maximum Gasteiger partial charge on any atom is 0.387 e. The maximum atomic E-state index is 12.4. The zero-order chi connectivity index (χ0) is 24.0. The number of amides is 1. The Bertz CT molecular complexity index is 1140. The van der Waals surface area contributed by atoms with E-state index in [2.05, 4.69) is 46.3 Å². The van der Waals surface area contributed by atoms with Crippen LogP contribution in [0, 0.1) is 20.8 Å². The standard InChI is InChI=1S/C25H27F2N3O3/c1-16-5-7-19(8-6-16)15-30-18(3)21(17(2)29-30)10-12-24(31)28-14-20-9-11-22(33-25(26)27)23(13-20)32-4/h5-13,25H,14-15H2,1-4H3,(H,28,31)/b12-10+. The fraction of sp³-hybridized carbons (Fsp3) is 0.280. The van der Waals surface area contributed by atoms with E-state index in [-0.39, 0.29) is 24.0 Å². The van der Waals surface area contributed by atoms with Gasteiger partial charge in [-0.05, 0) is 50.1 Å². The summed E-state index contributed by atoms with van der Waals surface area (Å²) < 4.78 is 36.3. The van der Waals surface area contributed by atoms with E-state index in [0.717, 1.165) is 22.5 Å². The van der Waals surface area contributed by atoms with Crippen LogP contribution in [0.5, 0.6) is 11.5 Å². The Morgan fingerprint density at radius 1 is 1.09 bits per heavy atom. The Morgan fingerprint density at radius 2 is 1.79 bits per heavy atom. The Hall–Kier alpha value is -3.68. The van der Waals surface area contributed by atoms with Gasteiger partial charge in [0.1, 0.15) is 0 Å². The normalized spacial score (nSPS) is 11.2. The first-order valence-corrected chi connectivity index (χ1v) is 10.4. The van der Waals surface area contributed by atoms with E-state index >= 15 is 0 Å². The molecule has 0 aliphatic rings. The molecule has 3 aromatic rings. The van der Waals surface area contributed by atoms with Crippen molar-refractivity contribution in [2.75, 3.05) is 7.11 Å².